The molecule has 2 heterocycles. The molecule has 1 fully saturated rings. The Balaban J connectivity index is 2.18. The number of hydrogen-bond donors (Lipinski definition) is 1. The number of nitrogens with zero attached hydrogens (tertiary/aromatic N) is 1. The van der Waals surface area contributed by atoms with Gasteiger partial charge >= 0.3 is 10.3 Å². The van der Waals surface area contributed by atoms with Crippen molar-refractivity contribution in [2.24, 2.45) is 5.14 Å². The summed E-state index contributed by atoms with van der Waals surface area (Å²) in [7, 11) is -4.00. The fraction of sp³-hybridized carbons (Fsp3) is 0.700. The number of ether oxygens (including phenoxy) is 2. The first-order valence-electron chi connectivity index (χ1n) is 5.61. The van der Waals surface area contributed by atoms with Crippen LogP contribution in [0.15, 0.2) is 5.51 Å². The molecule has 1 aromatic rings. The minimum atomic E-state index is -4.00. The van der Waals surface area contributed by atoms with Crippen LogP contribution in [-0.4, -0.2) is 31.9 Å². The molecule has 0 radical (unpaired) electrons. The van der Waals surface area contributed by atoms with Crippen molar-refractivity contribution >= 4 is 21.6 Å². The minimum Gasteiger partial charge on any atom is -0.342 e. The summed E-state index contributed by atoms with van der Waals surface area (Å²) in [6.45, 7) is 5.18. The van der Waals surface area contributed by atoms with Gasteiger partial charge in [-0.05, 0) is 20.8 Å². The van der Waals surface area contributed by atoms with E-state index < -0.39 is 28.3 Å². The molecule has 0 bridgehead atoms. The maximum atomic E-state index is 10.9. The Morgan fingerprint density at radius 3 is 2.74 bits per heavy atom. The molecule has 1 aliphatic heterocycles. The molecule has 108 valence electrons. The minimum absolute atomic E-state index is 0.190. The van der Waals surface area contributed by atoms with Gasteiger partial charge in [-0.25, -0.2) is 10.1 Å². The third-order valence-corrected chi connectivity index (χ3v) is 4.08. The fourth-order valence-corrected chi connectivity index (χ4v) is 3.13. The molecule has 1 aromatic heterocycles. The Hall–Kier alpha value is -0.580. The third kappa shape index (κ3) is 3.71. The van der Waals surface area contributed by atoms with Crippen molar-refractivity contribution in [2.75, 3.05) is 6.61 Å². The molecule has 2 atom stereocenters. The molecule has 0 amide bonds. The molecule has 19 heavy (non-hydrogen) atoms. The molecule has 9 heteroatoms. The van der Waals surface area contributed by atoms with E-state index in [-0.39, 0.29) is 6.61 Å². The smallest absolute Gasteiger partial charge is 0.333 e. The third-order valence-electron chi connectivity index (χ3n) is 2.62. The average Bonchev–Trinajstić information content (AvgIpc) is 2.77. The van der Waals surface area contributed by atoms with E-state index in [1.807, 2.05) is 6.92 Å². The summed E-state index contributed by atoms with van der Waals surface area (Å²) in [5.74, 6) is -0.812. The predicted octanol–water partition coefficient (Wildman–Crippen LogP) is 0.864. The number of aromatic nitrogens is 1. The van der Waals surface area contributed by atoms with E-state index in [1.165, 1.54) is 11.3 Å². The van der Waals surface area contributed by atoms with Crippen molar-refractivity contribution in [2.45, 2.75) is 38.8 Å². The Morgan fingerprint density at radius 2 is 2.21 bits per heavy atom. The highest BCUT2D eigenvalue weighted by atomic mass is 32.2. The topological polar surface area (TPSA) is 101 Å². The van der Waals surface area contributed by atoms with Gasteiger partial charge in [-0.15, -0.1) is 11.3 Å². The Bertz CT molecular complexity index is 554. The van der Waals surface area contributed by atoms with Crippen LogP contribution in [0.4, 0.5) is 0 Å². The second kappa shape index (κ2) is 5.08. The van der Waals surface area contributed by atoms with Crippen molar-refractivity contribution in [1.82, 2.24) is 4.98 Å². The van der Waals surface area contributed by atoms with Gasteiger partial charge in [0.2, 0.25) is 0 Å². The maximum Gasteiger partial charge on any atom is 0.333 e. The van der Waals surface area contributed by atoms with Crippen LogP contribution < -0.4 is 5.14 Å². The summed E-state index contributed by atoms with van der Waals surface area (Å²) in [4.78, 5) is 5.05. The van der Waals surface area contributed by atoms with E-state index in [2.05, 4.69) is 9.17 Å². The van der Waals surface area contributed by atoms with Crippen LogP contribution in [-0.2, 0) is 24.0 Å². The zero-order valence-electron chi connectivity index (χ0n) is 10.8. The first-order chi connectivity index (χ1) is 8.68. The highest BCUT2D eigenvalue weighted by molar-refractivity contribution is 7.84. The van der Waals surface area contributed by atoms with Crippen LogP contribution >= 0.6 is 11.3 Å². The van der Waals surface area contributed by atoms with Gasteiger partial charge in [0.25, 0.3) is 0 Å². The lowest BCUT2D eigenvalue weighted by Gasteiger charge is -2.16. The molecule has 0 spiro atoms. The number of thiazole rings is 1. The predicted molar refractivity (Wildman–Crippen MR) is 68.7 cm³/mol. The first-order valence-corrected chi connectivity index (χ1v) is 7.96. The van der Waals surface area contributed by atoms with E-state index in [9.17, 15) is 8.42 Å². The summed E-state index contributed by atoms with van der Waals surface area (Å²) < 4.78 is 37.8. The molecule has 0 aromatic carbocycles. The largest absolute Gasteiger partial charge is 0.342 e. The molecule has 2 unspecified atom stereocenters. The zero-order chi connectivity index (χ0) is 14.3. The van der Waals surface area contributed by atoms with E-state index in [0.717, 1.165) is 10.6 Å². The quantitative estimate of drug-likeness (QED) is 0.885. The lowest BCUT2D eigenvalue weighted by atomic mass is 10.1. The van der Waals surface area contributed by atoms with Gasteiger partial charge in [-0.1, -0.05) is 0 Å². The second-order valence-corrected chi connectivity index (χ2v) is 6.78. The Kier molecular flexibility index (Phi) is 3.96. The van der Waals surface area contributed by atoms with Crippen molar-refractivity contribution in [3.05, 3.63) is 16.1 Å². The highest BCUT2D eigenvalue weighted by Crippen LogP contribution is 2.40. The van der Waals surface area contributed by atoms with Gasteiger partial charge in [0.15, 0.2) is 5.79 Å². The number of aryl methyl sites for hydroxylation is 1. The van der Waals surface area contributed by atoms with Crippen LogP contribution in [0.2, 0.25) is 0 Å². The average molecular weight is 308 g/mol. The molecular formula is C10H16N2O5S2. The van der Waals surface area contributed by atoms with Crippen molar-refractivity contribution in [3.8, 4) is 0 Å². The lowest BCUT2D eigenvalue weighted by molar-refractivity contribution is -0.148. The molecule has 2 rings (SSSR count). The van der Waals surface area contributed by atoms with Crippen molar-refractivity contribution in [1.29, 1.82) is 0 Å². The zero-order valence-corrected chi connectivity index (χ0v) is 12.5. The Morgan fingerprint density at radius 1 is 1.53 bits per heavy atom. The molecule has 2 N–H and O–H groups in total. The summed E-state index contributed by atoms with van der Waals surface area (Å²) in [5, 5.41) is 4.82. The summed E-state index contributed by atoms with van der Waals surface area (Å²) >= 11 is 1.43. The van der Waals surface area contributed by atoms with Gasteiger partial charge < -0.3 is 9.47 Å². The monoisotopic (exact) mass is 308 g/mol. The SMILES string of the molecule is Cc1ncsc1C1OC(C)(C)OC1COS(N)(=O)=O. The van der Waals surface area contributed by atoms with E-state index in [4.69, 9.17) is 14.6 Å². The van der Waals surface area contributed by atoms with Crippen LogP contribution in [0.1, 0.15) is 30.5 Å². The second-order valence-electron chi connectivity index (χ2n) is 4.67. The van der Waals surface area contributed by atoms with E-state index in [1.54, 1.807) is 19.4 Å². The van der Waals surface area contributed by atoms with Crippen LogP contribution in [0.25, 0.3) is 0 Å². The molecular weight excluding hydrogens is 292 g/mol. The fourth-order valence-electron chi connectivity index (χ4n) is 1.93. The molecule has 0 saturated carbocycles. The first kappa shape index (κ1) is 14.8. The molecule has 1 saturated heterocycles. The number of nitrogens with two attached hydrogens (primary N) is 1. The maximum absolute atomic E-state index is 10.9. The molecule has 0 aliphatic carbocycles. The van der Waals surface area contributed by atoms with Crippen molar-refractivity contribution in [3.63, 3.8) is 0 Å². The summed E-state index contributed by atoms with van der Waals surface area (Å²) in [6, 6.07) is 0. The van der Waals surface area contributed by atoms with E-state index in [0.29, 0.717) is 0 Å². The van der Waals surface area contributed by atoms with Gasteiger partial charge in [0.1, 0.15) is 12.2 Å². The summed E-state index contributed by atoms with van der Waals surface area (Å²) in [5.41, 5.74) is 2.54. The standard InChI is InChI=1S/C10H16N2O5S2/c1-6-9(18-5-12-6)8-7(4-15-19(11,13)14)16-10(2,3)17-8/h5,7-8H,4H2,1-3H3,(H2,11,13,14). The molecule has 1 aliphatic rings. The Labute approximate surface area is 115 Å². The number of rotatable bonds is 4. The van der Waals surface area contributed by atoms with E-state index >= 15 is 0 Å². The van der Waals surface area contributed by atoms with Gasteiger partial charge in [0.05, 0.1) is 22.7 Å². The number of hydrogen-bond acceptors (Lipinski definition) is 7. The van der Waals surface area contributed by atoms with Gasteiger partial charge in [0, 0.05) is 0 Å². The van der Waals surface area contributed by atoms with Crippen LogP contribution in [0.3, 0.4) is 0 Å². The summed E-state index contributed by atoms with van der Waals surface area (Å²) in [6.07, 6.45) is -0.961. The van der Waals surface area contributed by atoms with Crippen LogP contribution in [0, 0.1) is 6.92 Å². The van der Waals surface area contributed by atoms with Crippen LogP contribution in [0.5, 0.6) is 0 Å². The normalized spacial score (nSPS) is 26.7. The van der Waals surface area contributed by atoms with Gasteiger partial charge in [-0.2, -0.15) is 8.42 Å². The molecule has 7 nitrogen and oxygen atoms in total. The highest BCUT2D eigenvalue weighted by Gasteiger charge is 2.44. The lowest BCUT2D eigenvalue weighted by Crippen LogP contribution is -2.28. The van der Waals surface area contributed by atoms with Crippen molar-refractivity contribution < 1.29 is 22.1 Å². The van der Waals surface area contributed by atoms with Gasteiger partial charge in [-0.3, -0.25) is 4.18 Å².